The molecule has 2 amide bonds. The van der Waals surface area contributed by atoms with Crippen molar-refractivity contribution in [3.8, 4) is 0 Å². The molecule has 1 N–H and O–H groups in total. The first kappa shape index (κ1) is 13.1. The molecule has 18 heavy (non-hydrogen) atoms. The molecule has 1 saturated heterocycles. The van der Waals surface area contributed by atoms with Gasteiger partial charge in [-0.15, -0.1) is 11.8 Å². The Labute approximate surface area is 111 Å². The number of thioether (sulfide) groups is 1. The van der Waals surface area contributed by atoms with Crippen molar-refractivity contribution in [2.45, 2.75) is 17.9 Å². The highest BCUT2D eigenvalue weighted by atomic mass is 32.2. The zero-order chi connectivity index (χ0) is 13.0. The molecule has 5 heteroatoms. The van der Waals surface area contributed by atoms with Crippen molar-refractivity contribution in [3.05, 3.63) is 30.3 Å². The second-order valence-corrected chi connectivity index (χ2v) is 5.32. The third-order valence-electron chi connectivity index (χ3n) is 2.82. The molecule has 1 aromatic rings. The zero-order valence-electron chi connectivity index (χ0n) is 10.3. The van der Waals surface area contributed by atoms with E-state index < -0.39 is 0 Å². The highest BCUT2D eigenvalue weighted by Gasteiger charge is 2.30. The summed E-state index contributed by atoms with van der Waals surface area (Å²) in [5.74, 6) is 0.473. The minimum absolute atomic E-state index is 0.125. The predicted octanol–water partition coefficient (Wildman–Crippen LogP) is 1.13. The molecule has 1 aliphatic heterocycles. The van der Waals surface area contributed by atoms with E-state index in [2.05, 4.69) is 5.32 Å². The molecular formula is C13H16N2O2S. The van der Waals surface area contributed by atoms with Crippen LogP contribution in [0.3, 0.4) is 0 Å². The van der Waals surface area contributed by atoms with Gasteiger partial charge in [0.25, 0.3) is 0 Å². The van der Waals surface area contributed by atoms with E-state index in [1.54, 1.807) is 18.7 Å². The summed E-state index contributed by atoms with van der Waals surface area (Å²) < 4.78 is 0. The minimum Gasteiger partial charge on any atom is -0.298 e. The number of carbonyl (C=O) groups is 2. The van der Waals surface area contributed by atoms with Gasteiger partial charge in [0, 0.05) is 17.2 Å². The van der Waals surface area contributed by atoms with Crippen LogP contribution in [0, 0.1) is 0 Å². The summed E-state index contributed by atoms with van der Waals surface area (Å²) in [7, 11) is 0. The Hall–Kier alpha value is -1.33. The fourth-order valence-corrected chi connectivity index (χ4v) is 2.65. The lowest BCUT2D eigenvalue weighted by Gasteiger charge is -2.29. The van der Waals surface area contributed by atoms with Crippen LogP contribution in [-0.2, 0) is 9.59 Å². The fourth-order valence-electron chi connectivity index (χ4n) is 1.79. The second kappa shape index (κ2) is 6.02. The van der Waals surface area contributed by atoms with Crippen LogP contribution in [0.2, 0.25) is 0 Å². The third kappa shape index (κ3) is 3.11. The van der Waals surface area contributed by atoms with Gasteiger partial charge in [-0.05, 0) is 19.1 Å². The highest BCUT2D eigenvalue weighted by molar-refractivity contribution is 7.99. The first-order valence-electron chi connectivity index (χ1n) is 5.94. The quantitative estimate of drug-likeness (QED) is 0.654. The second-order valence-electron chi connectivity index (χ2n) is 4.15. The largest absolute Gasteiger partial charge is 0.298 e. The number of imide groups is 1. The summed E-state index contributed by atoms with van der Waals surface area (Å²) in [5.41, 5.74) is 0. The van der Waals surface area contributed by atoms with Crippen LogP contribution in [0.4, 0.5) is 0 Å². The molecule has 0 spiro atoms. The number of hydrogen-bond donors (Lipinski definition) is 1. The van der Waals surface area contributed by atoms with Crippen molar-refractivity contribution in [1.82, 2.24) is 10.2 Å². The lowest BCUT2D eigenvalue weighted by Crippen LogP contribution is -2.57. The van der Waals surface area contributed by atoms with Crippen LogP contribution < -0.4 is 5.32 Å². The average Bonchev–Trinajstić information content (AvgIpc) is 2.39. The number of rotatable bonds is 4. The van der Waals surface area contributed by atoms with Gasteiger partial charge >= 0.3 is 0 Å². The molecule has 1 fully saturated rings. The van der Waals surface area contributed by atoms with Gasteiger partial charge in [0.15, 0.2) is 0 Å². The highest BCUT2D eigenvalue weighted by Crippen LogP contribution is 2.17. The lowest BCUT2D eigenvalue weighted by atomic mass is 10.2. The first-order chi connectivity index (χ1) is 8.68. The van der Waals surface area contributed by atoms with Crippen molar-refractivity contribution in [1.29, 1.82) is 0 Å². The van der Waals surface area contributed by atoms with E-state index >= 15 is 0 Å². The summed E-state index contributed by atoms with van der Waals surface area (Å²) in [6.45, 7) is 2.51. The van der Waals surface area contributed by atoms with E-state index in [0.717, 1.165) is 10.6 Å². The van der Waals surface area contributed by atoms with E-state index in [9.17, 15) is 9.59 Å². The van der Waals surface area contributed by atoms with Crippen molar-refractivity contribution in [2.75, 3.05) is 18.8 Å². The molecule has 0 saturated carbocycles. The molecule has 1 heterocycles. The van der Waals surface area contributed by atoms with Gasteiger partial charge in [0.1, 0.15) is 0 Å². The number of benzene rings is 1. The van der Waals surface area contributed by atoms with E-state index in [1.165, 1.54) is 4.90 Å². The van der Waals surface area contributed by atoms with E-state index in [4.69, 9.17) is 0 Å². The Bertz CT molecular complexity index is 436. The topological polar surface area (TPSA) is 49.4 Å². The van der Waals surface area contributed by atoms with Crippen molar-refractivity contribution >= 4 is 23.6 Å². The van der Waals surface area contributed by atoms with Gasteiger partial charge in [-0.2, -0.15) is 0 Å². The fraction of sp³-hybridized carbons (Fsp3) is 0.385. The minimum atomic E-state index is -0.260. The molecule has 0 radical (unpaired) electrons. The Morgan fingerprint density at radius 3 is 2.78 bits per heavy atom. The number of piperazine rings is 1. The molecule has 1 aliphatic rings. The van der Waals surface area contributed by atoms with E-state index in [-0.39, 0.29) is 24.4 Å². The Balaban J connectivity index is 1.85. The van der Waals surface area contributed by atoms with Crippen molar-refractivity contribution in [2.24, 2.45) is 0 Å². The molecule has 1 atom stereocenters. The van der Waals surface area contributed by atoms with Gasteiger partial charge in [-0.1, -0.05) is 18.2 Å². The predicted molar refractivity (Wildman–Crippen MR) is 71.4 cm³/mol. The monoisotopic (exact) mass is 264 g/mol. The molecular weight excluding hydrogens is 248 g/mol. The van der Waals surface area contributed by atoms with Gasteiger partial charge in [0.05, 0.1) is 12.6 Å². The standard InChI is InChI=1S/C13H16N2O2S/c1-10-13(17)15(12(16)9-14-10)7-8-18-11-5-3-2-4-6-11/h2-6,10,14H,7-9H2,1H3. The van der Waals surface area contributed by atoms with Gasteiger partial charge in [-0.3, -0.25) is 19.8 Å². The van der Waals surface area contributed by atoms with Gasteiger partial charge in [-0.25, -0.2) is 0 Å². The molecule has 0 aliphatic carbocycles. The maximum atomic E-state index is 11.8. The molecule has 4 nitrogen and oxygen atoms in total. The molecule has 1 aromatic carbocycles. The van der Waals surface area contributed by atoms with Crippen LogP contribution in [0.15, 0.2) is 35.2 Å². The third-order valence-corrected chi connectivity index (χ3v) is 3.82. The number of nitrogens with zero attached hydrogens (tertiary/aromatic N) is 1. The maximum absolute atomic E-state index is 11.8. The number of amides is 2. The first-order valence-corrected chi connectivity index (χ1v) is 6.92. The Kier molecular flexibility index (Phi) is 4.38. The summed E-state index contributed by atoms with van der Waals surface area (Å²) >= 11 is 1.65. The zero-order valence-corrected chi connectivity index (χ0v) is 11.1. The lowest BCUT2D eigenvalue weighted by molar-refractivity contribution is -0.148. The number of hydrogen-bond acceptors (Lipinski definition) is 4. The molecule has 0 aromatic heterocycles. The molecule has 1 unspecified atom stereocenters. The summed E-state index contributed by atoms with van der Waals surface area (Å²) in [4.78, 5) is 25.9. The van der Waals surface area contributed by atoms with E-state index in [0.29, 0.717) is 6.54 Å². The number of carbonyl (C=O) groups excluding carboxylic acids is 2. The maximum Gasteiger partial charge on any atom is 0.246 e. The summed E-state index contributed by atoms with van der Waals surface area (Å²) in [5, 5.41) is 2.87. The molecule has 0 bridgehead atoms. The average molecular weight is 264 g/mol. The van der Waals surface area contributed by atoms with Crippen molar-refractivity contribution < 1.29 is 9.59 Å². The SMILES string of the molecule is CC1NCC(=O)N(CCSc2ccccc2)C1=O. The Morgan fingerprint density at radius 2 is 2.06 bits per heavy atom. The Morgan fingerprint density at radius 1 is 1.33 bits per heavy atom. The molecule has 96 valence electrons. The van der Waals surface area contributed by atoms with Gasteiger partial charge < -0.3 is 0 Å². The van der Waals surface area contributed by atoms with Crippen LogP contribution >= 0.6 is 11.8 Å². The normalized spacial score (nSPS) is 20.3. The molecule has 2 rings (SSSR count). The van der Waals surface area contributed by atoms with Crippen molar-refractivity contribution in [3.63, 3.8) is 0 Å². The van der Waals surface area contributed by atoms with Crippen LogP contribution in [-0.4, -0.2) is 41.6 Å². The number of nitrogens with one attached hydrogen (secondary N) is 1. The summed E-state index contributed by atoms with van der Waals surface area (Å²) in [6.07, 6.45) is 0. The van der Waals surface area contributed by atoms with Gasteiger partial charge in [0.2, 0.25) is 11.8 Å². The van der Waals surface area contributed by atoms with E-state index in [1.807, 2.05) is 30.3 Å². The van der Waals surface area contributed by atoms with Crippen LogP contribution in [0.25, 0.3) is 0 Å². The van der Waals surface area contributed by atoms with Crippen LogP contribution in [0.1, 0.15) is 6.92 Å². The van der Waals surface area contributed by atoms with Crippen LogP contribution in [0.5, 0.6) is 0 Å². The smallest absolute Gasteiger partial charge is 0.246 e. The summed E-state index contributed by atoms with van der Waals surface area (Å²) in [6, 6.07) is 9.71.